The number of carbonyl (C=O) groups excluding carboxylic acids is 1. The Kier molecular flexibility index (Phi) is 6.01. The van der Waals surface area contributed by atoms with Crippen molar-refractivity contribution in [3.63, 3.8) is 0 Å². The SMILES string of the molecule is O=C(OCc1ccccc1)N(Cc1ccccc1)[C@H]1CCNC[C@H]1F. The lowest BCUT2D eigenvalue weighted by Gasteiger charge is -2.36. The van der Waals surface area contributed by atoms with E-state index in [4.69, 9.17) is 4.74 Å². The number of carbonyl (C=O) groups is 1. The second kappa shape index (κ2) is 8.62. The van der Waals surface area contributed by atoms with Gasteiger partial charge < -0.3 is 10.1 Å². The van der Waals surface area contributed by atoms with Crippen molar-refractivity contribution in [3.05, 3.63) is 71.8 Å². The van der Waals surface area contributed by atoms with Crippen molar-refractivity contribution < 1.29 is 13.9 Å². The Hall–Kier alpha value is -2.40. The molecule has 2 atom stereocenters. The predicted octanol–water partition coefficient (Wildman–Crippen LogP) is 3.53. The van der Waals surface area contributed by atoms with Crippen molar-refractivity contribution in [1.29, 1.82) is 0 Å². The molecule has 1 aliphatic rings. The number of nitrogens with zero attached hydrogens (tertiary/aromatic N) is 1. The van der Waals surface area contributed by atoms with E-state index in [0.29, 0.717) is 19.5 Å². The van der Waals surface area contributed by atoms with Gasteiger partial charge in [0.2, 0.25) is 0 Å². The molecule has 2 aromatic rings. The molecule has 1 saturated heterocycles. The summed E-state index contributed by atoms with van der Waals surface area (Å²) in [6, 6.07) is 18.7. The van der Waals surface area contributed by atoms with Gasteiger partial charge in [-0.05, 0) is 24.1 Å². The van der Waals surface area contributed by atoms with Crippen LogP contribution in [-0.2, 0) is 17.9 Å². The maximum atomic E-state index is 14.4. The molecule has 0 saturated carbocycles. The fourth-order valence-corrected chi connectivity index (χ4v) is 3.06. The number of hydrogen-bond acceptors (Lipinski definition) is 3. The molecule has 3 rings (SSSR count). The zero-order chi connectivity index (χ0) is 17.5. The highest BCUT2D eigenvalue weighted by molar-refractivity contribution is 5.68. The molecule has 0 aliphatic carbocycles. The highest BCUT2D eigenvalue weighted by Crippen LogP contribution is 2.20. The Morgan fingerprint density at radius 3 is 2.36 bits per heavy atom. The van der Waals surface area contributed by atoms with Crippen molar-refractivity contribution in [2.24, 2.45) is 0 Å². The molecule has 1 heterocycles. The maximum absolute atomic E-state index is 14.4. The lowest BCUT2D eigenvalue weighted by molar-refractivity contribution is 0.0442. The maximum Gasteiger partial charge on any atom is 0.410 e. The Balaban J connectivity index is 1.71. The van der Waals surface area contributed by atoms with Crippen LogP contribution in [0.4, 0.5) is 9.18 Å². The van der Waals surface area contributed by atoms with Crippen LogP contribution in [0.5, 0.6) is 0 Å². The topological polar surface area (TPSA) is 41.6 Å². The highest BCUT2D eigenvalue weighted by atomic mass is 19.1. The van der Waals surface area contributed by atoms with Gasteiger partial charge in [0.05, 0.1) is 6.04 Å². The first-order chi connectivity index (χ1) is 12.2. The zero-order valence-corrected chi connectivity index (χ0v) is 14.1. The third kappa shape index (κ3) is 4.79. The number of benzene rings is 2. The van der Waals surface area contributed by atoms with Gasteiger partial charge >= 0.3 is 6.09 Å². The smallest absolute Gasteiger partial charge is 0.410 e. The standard InChI is InChI=1S/C20H23FN2O2/c21-18-13-22-12-11-19(18)23(14-16-7-3-1-4-8-16)20(24)25-15-17-9-5-2-6-10-17/h1-10,18-19,22H,11-15H2/t18-,19+/m1/s1. The largest absolute Gasteiger partial charge is 0.445 e. The van der Waals surface area contributed by atoms with Gasteiger partial charge in [-0.25, -0.2) is 9.18 Å². The summed E-state index contributed by atoms with van der Waals surface area (Å²) < 4.78 is 19.9. The van der Waals surface area contributed by atoms with Crippen LogP contribution in [0.1, 0.15) is 17.5 Å². The number of piperidine rings is 1. The fraction of sp³-hybridized carbons (Fsp3) is 0.350. The monoisotopic (exact) mass is 342 g/mol. The minimum Gasteiger partial charge on any atom is -0.445 e. The molecule has 5 heteroatoms. The van der Waals surface area contributed by atoms with Crippen molar-refractivity contribution >= 4 is 6.09 Å². The Labute approximate surface area is 147 Å². The van der Waals surface area contributed by atoms with Crippen LogP contribution in [0.25, 0.3) is 0 Å². The summed E-state index contributed by atoms with van der Waals surface area (Å²) in [5.41, 5.74) is 1.88. The van der Waals surface area contributed by atoms with Crippen LogP contribution in [-0.4, -0.2) is 36.3 Å². The number of nitrogens with one attached hydrogen (secondary N) is 1. The molecule has 2 aromatic carbocycles. The third-order valence-electron chi connectivity index (χ3n) is 4.41. The number of ether oxygens (including phenoxy) is 1. The molecule has 0 bridgehead atoms. The molecule has 132 valence electrons. The number of alkyl halides is 1. The molecular weight excluding hydrogens is 319 g/mol. The number of amides is 1. The molecule has 0 aromatic heterocycles. The normalized spacial score (nSPS) is 20.0. The first-order valence-electron chi connectivity index (χ1n) is 8.60. The van der Waals surface area contributed by atoms with Crippen LogP contribution in [0.3, 0.4) is 0 Å². The average molecular weight is 342 g/mol. The van der Waals surface area contributed by atoms with Gasteiger partial charge in [-0.1, -0.05) is 60.7 Å². The molecule has 25 heavy (non-hydrogen) atoms. The van der Waals surface area contributed by atoms with E-state index < -0.39 is 18.3 Å². The van der Waals surface area contributed by atoms with Gasteiger partial charge in [0.1, 0.15) is 12.8 Å². The van der Waals surface area contributed by atoms with Gasteiger partial charge in [0.15, 0.2) is 0 Å². The summed E-state index contributed by atoms with van der Waals surface area (Å²) in [7, 11) is 0. The average Bonchev–Trinajstić information content (AvgIpc) is 2.66. The Bertz CT molecular complexity index is 666. The molecule has 0 spiro atoms. The minimum absolute atomic E-state index is 0.187. The third-order valence-corrected chi connectivity index (χ3v) is 4.41. The van der Waals surface area contributed by atoms with E-state index in [9.17, 15) is 9.18 Å². The number of halogens is 1. The molecule has 0 radical (unpaired) electrons. The van der Waals surface area contributed by atoms with E-state index in [2.05, 4.69) is 5.32 Å². The predicted molar refractivity (Wildman–Crippen MR) is 94.8 cm³/mol. The summed E-state index contributed by atoms with van der Waals surface area (Å²) in [6.07, 6.45) is -0.988. The summed E-state index contributed by atoms with van der Waals surface area (Å²) in [5, 5.41) is 3.03. The highest BCUT2D eigenvalue weighted by Gasteiger charge is 2.34. The summed E-state index contributed by atoms with van der Waals surface area (Å²) in [6.45, 7) is 1.50. The van der Waals surface area contributed by atoms with Crippen LogP contribution in [0, 0.1) is 0 Å². The van der Waals surface area contributed by atoms with Crippen LogP contribution in [0.2, 0.25) is 0 Å². The molecule has 4 nitrogen and oxygen atoms in total. The lowest BCUT2D eigenvalue weighted by atomic mass is 10.0. The van der Waals surface area contributed by atoms with Gasteiger partial charge in [0.25, 0.3) is 0 Å². The van der Waals surface area contributed by atoms with Gasteiger partial charge in [-0.3, -0.25) is 4.90 Å². The van der Waals surface area contributed by atoms with Gasteiger partial charge in [0, 0.05) is 13.1 Å². The van der Waals surface area contributed by atoms with Gasteiger partial charge in [-0.2, -0.15) is 0 Å². The van der Waals surface area contributed by atoms with E-state index in [0.717, 1.165) is 11.1 Å². The quantitative estimate of drug-likeness (QED) is 0.904. The van der Waals surface area contributed by atoms with Crippen molar-refractivity contribution in [1.82, 2.24) is 10.2 Å². The van der Waals surface area contributed by atoms with Crippen molar-refractivity contribution in [3.8, 4) is 0 Å². The van der Waals surface area contributed by atoms with Crippen molar-refractivity contribution in [2.75, 3.05) is 13.1 Å². The van der Waals surface area contributed by atoms with Crippen LogP contribution in [0.15, 0.2) is 60.7 Å². The van der Waals surface area contributed by atoms with E-state index in [1.54, 1.807) is 0 Å². The van der Waals surface area contributed by atoms with Crippen molar-refractivity contribution in [2.45, 2.75) is 31.8 Å². The molecule has 1 fully saturated rings. The summed E-state index contributed by atoms with van der Waals surface area (Å²) in [5.74, 6) is 0. The van der Waals surface area contributed by atoms with Crippen LogP contribution < -0.4 is 5.32 Å². The molecule has 1 amide bonds. The lowest BCUT2D eigenvalue weighted by Crippen LogP contribution is -2.52. The zero-order valence-electron chi connectivity index (χ0n) is 14.1. The molecule has 0 unspecified atom stereocenters. The first-order valence-corrected chi connectivity index (χ1v) is 8.60. The second-order valence-corrected chi connectivity index (χ2v) is 6.23. The molecular formula is C20H23FN2O2. The molecule has 1 N–H and O–H groups in total. The Morgan fingerprint density at radius 1 is 1.08 bits per heavy atom. The minimum atomic E-state index is -1.10. The summed E-state index contributed by atoms with van der Waals surface area (Å²) >= 11 is 0. The van der Waals surface area contributed by atoms with E-state index in [1.165, 1.54) is 4.90 Å². The van der Waals surface area contributed by atoms with E-state index in [-0.39, 0.29) is 13.2 Å². The van der Waals surface area contributed by atoms with E-state index >= 15 is 0 Å². The van der Waals surface area contributed by atoms with E-state index in [1.807, 2.05) is 60.7 Å². The first kappa shape index (κ1) is 17.4. The Morgan fingerprint density at radius 2 is 1.72 bits per heavy atom. The molecule has 1 aliphatic heterocycles. The fourth-order valence-electron chi connectivity index (χ4n) is 3.06. The second-order valence-electron chi connectivity index (χ2n) is 6.23. The summed E-state index contributed by atoms with van der Waals surface area (Å²) in [4.78, 5) is 14.2. The number of hydrogen-bond donors (Lipinski definition) is 1. The van der Waals surface area contributed by atoms with Crippen LogP contribution >= 0.6 is 0 Å². The number of rotatable bonds is 5. The van der Waals surface area contributed by atoms with Gasteiger partial charge in [-0.15, -0.1) is 0 Å².